The molecule has 0 atom stereocenters. The molecule has 0 unspecified atom stereocenters. The fourth-order valence-corrected chi connectivity index (χ4v) is 3.32. The molecule has 1 aromatic heterocycles. The average Bonchev–Trinajstić information content (AvgIpc) is 2.48. The van der Waals surface area contributed by atoms with E-state index in [4.69, 9.17) is 34.8 Å². The maximum absolute atomic E-state index is 12.1. The number of hydrogen-bond acceptors (Lipinski definition) is 4. The lowest BCUT2D eigenvalue weighted by Crippen LogP contribution is -2.07. The van der Waals surface area contributed by atoms with Crippen molar-refractivity contribution in [3.8, 4) is 0 Å². The Morgan fingerprint density at radius 2 is 1.86 bits per heavy atom. The van der Waals surface area contributed by atoms with Gasteiger partial charge in [-0.05, 0) is 12.1 Å². The molecule has 1 heterocycles. The Kier molecular flexibility index (Phi) is 4.99. The van der Waals surface area contributed by atoms with E-state index in [0.29, 0.717) is 11.4 Å². The highest BCUT2D eigenvalue weighted by molar-refractivity contribution is 7.91. The number of para-hydroxylation sites is 1. The van der Waals surface area contributed by atoms with E-state index in [9.17, 15) is 8.42 Å². The third-order valence-electron chi connectivity index (χ3n) is 2.79. The second-order valence-electron chi connectivity index (χ2n) is 4.11. The summed E-state index contributed by atoms with van der Waals surface area (Å²) in [5, 5.41) is 3.38. The lowest BCUT2D eigenvalue weighted by Gasteiger charge is -2.14. The molecule has 0 aliphatic carbocycles. The van der Waals surface area contributed by atoms with Crippen LogP contribution in [0.15, 0.2) is 35.4 Å². The van der Waals surface area contributed by atoms with Gasteiger partial charge in [0, 0.05) is 6.20 Å². The first-order valence-electron chi connectivity index (χ1n) is 5.95. The molecule has 0 bridgehead atoms. The van der Waals surface area contributed by atoms with Crippen molar-refractivity contribution in [1.82, 2.24) is 4.98 Å². The fourth-order valence-electron chi connectivity index (χ4n) is 1.69. The van der Waals surface area contributed by atoms with Gasteiger partial charge in [-0.1, -0.05) is 53.9 Å². The van der Waals surface area contributed by atoms with Crippen LogP contribution in [0.2, 0.25) is 15.2 Å². The Morgan fingerprint density at radius 1 is 1.19 bits per heavy atom. The van der Waals surface area contributed by atoms with Gasteiger partial charge < -0.3 is 5.32 Å². The summed E-state index contributed by atoms with van der Waals surface area (Å²) in [4.78, 5) is 3.98. The van der Waals surface area contributed by atoms with Gasteiger partial charge in [0.2, 0.25) is 0 Å². The molecule has 21 heavy (non-hydrogen) atoms. The minimum absolute atomic E-state index is 0.00966. The van der Waals surface area contributed by atoms with Crippen LogP contribution >= 0.6 is 34.8 Å². The summed E-state index contributed by atoms with van der Waals surface area (Å²) in [5.41, 5.74) is 0.697. The van der Waals surface area contributed by atoms with Crippen LogP contribution in [0.25, 0.3) is 0 Å². The molecular formula is C13H11Cl3N2O2S. The monoisotopic (exact) mass is 364 g/mol. The van der Waals surface area contributed by atoms with E-state index >= 15 is 0 Å². The SMILES string of the molecule is CCS(=O)(=O)c1ccccc1Nc1c(Cl)cnc(Cl)c1Cl. The van der Waals surface area contributed by atoms with Gasteiger partial charge in [0.25, 0.3) is 0 Å². The van der Waals surface area contributed by atoms with Gasteiger partial charge in [-0.2, -0.15) is 0 Å². The molecule has 0 saturated heterocycles. The van der Waals surface area contributed by atoms with Crippen molar-refractivity contribution in [1.29, 1.82) is 0 Å². The third-order valence-corrected chi connectivity index (χ3v) is 5.62. The van der Waals surface area contributed by atoms with Gasteiger partial charge in [-0.25, -0.2) is 13.4 Å². The second kappa shape index (κ2) is 6.40. The maximum atomic E-state index is 12.1. The number of rotatable bonds is 4. The van der Waals surface area contributed by atoms with Gasteiger partial charge in [0.15, 0.2) is 9.84 Å². The van der Waals surface area contributed by atoms with Gasteiger partial charge in [-0.3, -0.25) is 0 Å². The summed E-state index contributed by atoms with van der Waals surface area (Å²) < 4.78 is 24.2. The summed E-state index contributed by atoms with van der Waals surface area (Å²) >= 11 is 17.9. The van der Waals surface area contributed by atoms with Crippen molar-refractivity contribution in [3.05, 3.63) is 45.7 Å². The maximum Gasteiger partial charge on any atom is 0.180 e. The highest BCUT2D eigenvalue weighted by Crippen LogP contribution is 2.37. The average molecular weight is 366 g/mol. The van der Waals surface area contributed by atoms with Crippen LogP contribution < -0.4 is 5.32 Å². The molecule has 0 aliphatic rings. The molecule has 0 saturated carbocycles. The normalized spacial score (nSPS) is 11.4. The number of hydrogen-bond donors (Lipinski definition) is 1. The first-order valence-corrected chi connectivity index (χ1v) is 8.73. The predicted molar refractivity (Wildman–Crippen MR) is 86.7 cm³/mol. The highest BCUT2D eigenvalue weighted by atomic mass is 35.5. The van der Waals surface area contributed by atoms with Crippen LogP contribution in [0, 0.1) is 0 Å². The van der Waals surface area contributed by atoms with Gasteiger partial charge >= 0.3 is 0 Å². The van der Waals surface area contributed by atoms with Crippen LogP contribution in [0.5, 0.6) is 0 Å². The molecule has 0 aliphatic heterocycles. The van der Waals surface area contributed by atoms with Crippen molar-refractivity contribution in [2.75, 3.05) is 11.1 Å². The van der Waals surface area contributed by atoms with E-state index in [0.717, 1.165) is 0 Å². The molecule has 0 radical (unpaired) electrons. The van der Waals surface area contributed by atoms with E-state index in [1.54, 1.807) is 25.1 Å². The summed E-state index contributed by atoms with van der Waals surface area (Å²) in [5.74, 6) is -0.00966. The zero-order valence-electron chi connectivity index (χ0n) is 10.9. The van der Waals surface area contributed by atoms with Gasteiger partial charge in [0.05, 0.1) is 27.0 Å². The smallest absolute Gasteiger partial charge is 0.180 e. The molecule has 0 fully saturated rings. The van der Waals surface area contributed by atoms with E-state index in [1.165, 1.54) is 12.3 Å². The number of sulfone groups is 1. The summed E-state index contributed by atoms with van der Waals surface area (Å²) in [7, 11) is -3.38. The number of benzene rings is 1. The van der Waals surface area contributed by atoms with Crippen molar-refractivity contribution in [2.45, 2.75) is 11.8 Å². The van der Waals surface area contributed by atoms with Crippen LogP contribution in [0.4, 0.5) is 11.4 Å². The van der Waals surface area contributed by atoms with Crippen LogP contribution in [0.1, 0.15) is 6.92 Å². The Balaban J connectivity index is 2.54. The molecule has 4 nitrogen and oxygen atoms in total. The first-order chi connectivity index (χ1) is 9.86. The summed E-state index contributed by atoms with van der Waals surface area (Å²) in [6, 6.07) is 6.51. The number of nitrogens with zero attached hydrogens (tertiary/aromatic N) is 1. The van der Waals surface area contributed by atoms with Crippen molar-refractivity contribution >= 4 is 56.0 Å². The van der Waals surface area contributed by atoms with Crippen molar-refractivity contribution < 1.29 is 8.42 Å². The number of aromatic nitrogens is 1. The summed E-state index contributed by atoms with van der Waals surface area (Å²) in [6.45, 7) is 1.58. The standard InChI is InChI=1S/C13H11Cl3N2O2S/c1-2-21(19,20)10-6-4-3-5-9(10)18-12-8(14)7-17-13(16)11(12)15/h3-7H,2H2,1H3,(H,17,18). The topological polar surface area (TPSA) is 59.1 Å². The van der Waals surface area contributed by atoms with Crippen molar-refractivity contribution in [3.63, 3.8) is 0 Å². The second-order valence-corrected chi connectivity index (χ2v) is 7.50. The molecule has 2 aromatic rings. The molecule has 2 rings (SSSR count). The zero-order valence-corrected chi connectivity index (χ0v) is 14.0. The largest absolute Gasteiger partial charge is 0.352 e. The molecule has 112 valence electrons. The Morgan fingerprint density at radius 3 is 2.52 bits per heavy atom. The molecule has 1 N–H and O–H groups in total. The molecule has 8 heteroatoms. The molecule has 0 amide bonds. The van der Waals surface area contributed by atoms with Crippen LogP contribution in [-0.2, 0) is 9.84 Å². The molecular weight excluding hydrogens is 355 g/mol. The Labute approximate surface area is 138 Å². The zero-order chi connectivity index (χ0) is 15.6. The number of anilines is 2. The quantitative estimate of drug-likeness (QED) is 0.806. The lowest BCUT2D eigenvalue weighted by molar-refractivity contribution is 0.597. The third kappa shape index (κ3) is 3.43. The van der Waals surface area contributed by atoms with Gasteiger partial charge in [-0.15, -0.1) is 0 Å². The number of halogens is 3. The highest BCUT2D eigenvalue weighted by Gasteiger charge is 2.18. The van der Waals surface area contributed by atoms with E-state index < -0.39 is 9.84 Å². The number of nitrogens with one attached hydrogen (secondary N) is 1. The molecule has 0 spiro atoms. The fraction of sp³-hybridized carbons (Fsp3) is 0.154. The predicted octanol–water partition coefficient (Wildman–Crippen LogP) is 4.58. The van der Waals surface area contributed by atoms with E-state index in [2.05, 4.69) is 10.3 Å². The van der Waals surface area contributed by atoms with E-state index in [1.807, 2.05) is 0 Å². The number of pyridine rings is 1. The summed E-state index contributed by atoms with van der Waals surface area (Å²) in [6.07, 6.45) is 1.34. The Bertz CT molecular complexity index is 779. The van der Waals surface area contributed by atoms with Crippen LogP contribution in [0.3, 0.4) is 0 Å². The van der Waals surface area contributed by atoms with E-state index in [-0.39, 0.29) is 25.8 Å². The van der Waals surface area contributed by atoms with Gasteiger partial charge in [0.1, 0.15) is 10.2 Å². The first kappa shape index (κ1) is 16.4. The minimum atomic E-state index is -3.38. The lowest BCUT2D eigenvalue weighted by atomic mass is 10.3. The minimum Gasteiger partial charge on any atom is -0.352 e. The Hall–Kier alpha value is -1.01. The van der Waals surface area contributed by atoms with Crippen LogP contribution in [-0.4, -0.2) is 19.2 Å². The molecule has 1 aromatic carbocycles. The van der Waals surface area contributed by atoms with Crippen molar-refractivity contribution in [2.24, 2.45) is 0 Å².